The number of urea groups is 1. The molecule has 1 saturated heterocycles. The molecule has 3 rings (SSSR count). The number of hydrogen-bond donors (Lipinski definition) is 2. The van der Waals surface area contributed by atoms with E-state index in [1.807, 2.05) is 42.3 Å². The lowest BCUT2D eigenvalue weighted by atomic mass is 10.1. The molecule has 2 aromatic carbocycles. The molecule has 0 spiro atoms. The van der Waals surface area contributed by atoms with Crippen LogP contribution in [0.3, 0.4) is 0 Å². The van der Waals surface area contributed by atoms with Gasteiger partial charge in [-0.3, -0.25) is 5.32 Å². The molecule has 2 aromatic rings. The van der Waals surface area contributed by atoms with Crippen LogP contribution in [0.1, 0.15) is 25.3 Å². The zero-order valence-corrected chi connectivity index (χ0v) is 17.8. The van der Waals surface area contributed by atoms with E-state index < -0.39 is 0 Å². The van der Waals surface area contributed by atoms with Crippen molar-refractivity contribution >= 4 is 23.4 Å². The number of hydrogen-bond acceptors (Lipinski definition) is 3. The van der Waals surface area contributed by atoms with Gasteiger partial charge in [0, 0.05) is 25.3 Å². The van der Waals surface area contributed by atoms with Crippen molar-refractivity contribution in [1.29, 1.82) is 5.26 Å². The van der Waals surface area contributed by atoms with E-state index in [4.69, 9.17) is 0 Å². The lowest BCUT2D eigenvalue weighted by molar-refractivity contribution is 0.129. The number of amides is 2. The van der Waals surface area contributed by atoms with Crippen LogP contribution in [0, 0.1) is 24.2 Å². The van der Waals surface area contributed by atoms with Gasteiger partial charge in [-0.2, -0.15) is 5.26 Å². The van der Waals surface area contributed by atoms with E-state index in [9.17, 15) is 14.4 Å². The van der Waals surface area contributed by atoms with Crippen LogP contribution in [0.25, 0.3) is 0 Å². The standard InChI is InChI=1S/C23H27FN6O/c1-3-6-20-15-29(22(26-16-25)28-21-8-5-4-7-17(21)2)13-14-30(20)23(31)27-19-11-9-18(24)10-12-19/h4-5,7-12,20H,3,6,13-15H2,1-2H3,(H,26,28)(H,27,31). The Balaban J connectivity index is 1.76. The highest BCUT2D eigenvalue weighted by Gasteiger charge is 2.31. The van der Waals surface area contributed by atoms with Gasteiger partial charge in [0.05, 0.1) is 11.7 Å². The molecule has 2 amide bonds. The molecule has 0 aromatic heterocycles. The van der Waals surface area contributed by atoms with E-state index in [0.29, 0.717) is 31.3 Å². The number of nitriles is 1. The highest BCUT2D eigenvalue weighted by molar-refractivity contribution is 5.90. The number of carbonyl (C=O) groups excluding carboxylic acids is 1. The Kier molecular flexibility index (Phi) is 7.44. The van der Waals surface area contributed by atoms with Gasteiger partial charge in [0.1, 0.15) is 5.82 Å². The minimum absolute atomic E-state index is 0.0400. The largest absolute Gasteiger partial charge is 0.338 e. The summed E-state index contributed by atoms with van der Waals surface area (Å²) in [6.07, 6.45) is 3.71. The summed E-state index contributed by atoms with van der Waals surface area (Å²) in [5, 5.41) is 14.8. The van der Waals surface area contributed by atoms with Crippen LogP contribution in [0.4, 0.5) is 20.6 Å². The molecule has 0 bridgehead atoms. The summed E-state index contributed by atoms with van der Waals surface area (Å²) >= 11 is 0. The number of guanidine groups is 1. The van der Waals surface area contributed by atoms with Crippen LogP contribution in [0.15, 0.2) is 53.5 Å². The number of aryl methyl sites for hydroxylation is 1. The van der Waals surface area contributed by atoms with E-state index in [0.717, 1.165) is 24.1 Å². The third kappa shape index (κ3) is 5.72. The lowest BCUT2D eigenvalue weighted by Crippen LogP contribution is -2.59. The summed E-state index contributed by atoms with van der Waals surface area (Å²) in [6.45, 7) is 5.63. The average Bonchev–Trinajstić information content (AvgIpc) is 2.76. The Bertz CT molecular complexity index is 969. The number of para-hydroxylation sites is 1. The van der Waals surface area contributed by atoms with Crippen molar-refractivity contribution in [3.63, 3.8) is 0 Å². The molecule has 1 unspecified atom stereocenters. The van der Waals surface area contributed by atoms with Gasteiger partial charge in [-0.25, -0.2) is 14.2 Å². The minimum atomic E-state index is -0.346. The zero-order chi connectivity index (χ0) is 22.2. The van der Waals surface area contributed by atoms with Crippen LogP contribution in [-0.4, -0.2) is 47.5 Å². The number of anilines is 1. The van der Waals surface area contributed by atoms with Crippen molar-refractivity contribution in [3.8, 4) is 6.19 Å². The molecular weight excluding hydrogens is 395 g/mol. The first-order chi connectivity index (χ1) is 15.0. The molecule has 0 radical (unpaired) electrons. The zero-order valence-electron chi connectivity index (χ0n) is 17.8. The van der Waals surface area contributed by atoms with Crippen LogP contribution in [-0.2, 0) is 0 Å². The second kappa shape index (κ2) is 10.4. The van der Waals surface area contributed by atoms with Crippen molar-refractivity contribution in [1.82, 2.24) is 15.1 Å². The average molecular weight is 423 g/mol. The van der Waals surface area contributed by atoms with Gasteiger partial charge < -0.3 is 15.1 Å². The number of rotatable bonds is 4. The van der Waals surface area contributed by atoms with Gasteiger partial charge >= 0.3 is 6.03 Å². The van der Waals surface area contributed by atoms with Crippen LogP contribution < -0.4 is 10.6 Å². The van der Waals surface area contributed by atoms with Gasteiger partial charge in [-0.05, 0) is 49.2 Å². The molecule has 0 saturated carbocycles. The van der Waals surface area contributed by atoms with Gasteiger partial charge in [-0.15, -0.1) is 0 Å². The molecule has 2 N–H and O–H groups in total. The molecule has 1 atom stereocenters. The molecule has 1 aliphatic heterocycles. The molecule has 1 heterocycles. The van der Waals surface area contributed by atoms with E-state index in [2.05, 4.69) is 22.5 Å². The quantitative estimate of drug-likeness (QED) is 0.335. The van der Waals surface area contributed by atoms with Crippen molar-refractivity contribution in [2.45, 2.75) is 32.7 Å². The Hall–Kier alpha value is -3.60. The third-order valence-electron chi connectivity index (χ3n) is 5.27. The Labute approximate surface area is 182 Å². The SMILES string of the molecule is CCCC1CN(C(=Nc2ccccc2C)NC#N)CCN1C(=O)Nc1ccc(F)cc1. The molecule has 0 aliphatic carbocycles. The number of nitrogens with one attached hydrogen (secondary N) is 2. The monoisotopic (exact) mass is 422 g/mol. The molecule has 1 aliphatic rings. The van der Waals surface area contributed by atoms with Gasteiger partial charge in [-0.1, -0.05) is 31.5 Å². The van der Waals surface area contributed by atoms with E-state index in [-0.39, 0.29) is 17.9 Å². The summed E-state index contributed by atoms with van der Waals surface area (Å²) < 4.78 is 13.1. The van der Waals surface area contributed by atoms with Crippen molar-refractivity contribution in [3.05, 3.63) is 59.9 Å². The fourth-order valence-electron chi connectivity index (χ4n) is 3.65. The molecule has 8 heteroatoms. The Morgan fingerprint density at radius 2 is 1.97 bits per heavy atom. The predicted molar refractivity (Wildman–Crippen MR) is 119 cm³/mol. The minimum Gasteiger partial charge on any atom is -0.338 e. The molecule has 7 nitrogen and oxygen atoms in total. The van der Waals surface area contributed by atoms with Gasteiger partial charge in [0.2, 0.25) is 5.96 Å². The van der Waals surface area contributed by atoms with Crippen molar-refractivity contribution < 1.29 is 9.18 Å². The van der Waals surface area contributed by atoms with Crippen molar-refractivity contribution in [2.75, 3.05) is 25.0 Å². The maximum absolute atomic E-state index is 13.1. The number of carbonyl (C=O) groups is 1. The molecule has 162 valence electrons. The topological polar surface area (TPSA) is 83.8 Å². The first kappa shape index (κ1) is 22.1. The third-order valence-corrected chi connectivity index (χ3v) is 5.27. The summed E-state index contributed by atoms with van der Waals surface area (Å²) in [7, 11) is 0. The van der Waals surface area contributed by atoms with E-state index >= 15 is 0 Å². The van der Waals surface area contributed by atoms with Gasteiger partial charge in [0.15, 0.2) is 6.19 Å². The number of nitrogens with zero attached hydrogens (tertiary/aromatic N) is 4. The first-order valence-electron chi connectivity index (χ1n) is 10.4. The van der Waals surface area contributed by atoms with Crippen LogP contribution in [0.2, 0.25) is 0 Å². The summed E-state index contributed by atoms with van der Waals surface area (Å²) in [5.74, 6) is 0.137. The van der Waals surface area contributed by atoms with Gasteiger partial charge in [0.25, 0.3) is 0 Å². The smallest absolute Gasteiger partial charge is 0.322 e. The first-order valence-corrected chi connectivity index (χ1v) is 10.4. The number of halogens is 1. The maximum Gasteiger partial charge on any atom is 0.322 e. The molecule has 1 fully saturated rings. The number of benzene rings is 2. The Morgan fingerprint density at radius 3 is 2.65 bits per heavy atom. The highest BCUT2D eigenvalue weighted by Crippen LogP contribution is 2.21. The van der Waals surface area contributed by atoms with E-state index in [1.165, 1.54) is 12.1 Å². The summed E-state index contributed by atoms with van der Waals surface area (Å²) in [5.41, 5.74) is 2.36. The number of aliphatic imine (C=N–C) groups is 1. The molecular formula is C23H27FN6O. The normalized spacial score (nSPS) is 16.6. The number of piperazine rings is 1. The maximum atomic E-state index is 13.1. The fraction of sp³-hybridized carbons (Fsp3) is 0.348. The second-order valence-electron chi connectivity index (χ2n) is 7.48. The van der Waals surface area contributed by atoms with E-state index in [1.54, 1.807) is 17.0 Å². The summed E-state index contributed by atoms with van der Waals surface area (Å²) in [4.78, 5) is 21.4. The highest BCUT2D eigenvalue weighted by atomic mass is 19.1. The Morgan fingerprint density at radius 1 is 1.23 bits per heavy atom. The van der Waals surface area contributed by atoms with Crippen molar-refractivity contribution in [2.24, 2.45) is 4.99 Å². The predicted octanol–water partition coefficient (Wildman–Crippen LogP) is 4.21. The fourth-order valence-corrected chi connectivity index (χ4v) is 3.65. The lowest BCUT2D eigenvalue weighted by Gasteiger charge is -2.42. The van der Waals surface area contributed by atoms with Crippen LogP contribution >= 0.6 is 0 Å². The summed E-state index contributed by atoms with van der Waals surface area (Å²) in [6, 6.07) is 13.2. The molecule has 31 heavy (non-hydrogen) atoms. The second-order valence-corrected chi connectivity index (χ2v) is 7.48. The van der Waals surface area contributed by atoms with Crippen LogP contribution in [0.5, 0.6) is 0 Å².